The molecule has 0 aliphatic rings. The van der Waals surface area contributed by atoms with Crippen molar-refractivity contribution in [1.82, 2.24) is 5.32 Å². The van der Waals surface area contributed by atoms with Crippen molar-refractivity contribution in [2.24, 2.45) is 0 Å². The molecule has 1 rings (SSSR count). The van der Waals surface area contributed by atoms with E-state index in [1.54, 1.807) is 0 Å². The van der Waals surface area contributed by atoms with Crippen molar-refractivity contribution in [3.05, 3.63) is 29.6 Å². The van der Waals surface area contributed by atoms with E-state index in [1.807, 2.05) is 0 Å². The smallest absolute Gasteiger partial charge is 0.253 e. The first kappa shape index (κ1) is 11.5. The number of amides is 1. The van der Waals surface area contributed by atoms with Crippen molar-refractivity contribution in [2.75, 3.05) is 18.9 Å². The van der Waals surface area contributed by atoms with Gasteiger partial charge in [0.15, 0.2) is 0 Å². The molecule has 0 aliphatic carbocycles. The molecule has 0 aliphatic heterocycles. The Morgan fingerprint density at radius 3 is 2.87 bits per heavy atom. The summed E-state index contributed by atoms with van der Waals surface area (Å²) in [6, 6.07) is 3.61. The maximum Gasteiger partial charge on any atom is 0.253 e. The molecule has 1 amide bonds. The first-order valence-corrected chi connectivity index (χ1v) is 4.59. The summed E-state index contributed by atoms with van der Waals surface area (Å²) in [7, 11) is 0. The van der Waals surface area contributed by atoms with E-state index in [-0.39, 0.29) is 23.8 Å². The minimum atomic E-state index is -0.473. The average Bonchev–Trinajstić information content (AvgIpc) is 2.17. The van der Waals surface area contributed by atoms with Crippen molar-refractivity contribution in [3.63, 3.8) is 0 Å². The molecule has 1 aromatic rings. The molecule has 0 unspecified atom stereocenters. The lowest BCUT2D eigenvalue weighted by molar-refractivity contribution is 0.0952. The van der Waals surface area contributed by atoms with E-state index in [2.05, 4.69) is 5.32 Å². The van der Waals surface area contributed by atoms with Crippen LogP contribution in [0.3, 0.4) is 0 Å². The van der Waals surface area contributed by atoms with Crippen LogP contribution in [-0.4, -0.2) is 24.2 Å². The Morgan fingerprint density at radius 1 is 1.53 bits per heavy atom. The van der Waals surface area contributed by atoms with E-state index < -0.39 is 5.82 Å². The molecule has 0 heterocycles. The number of nitrogens with two attached hydrogens (primary N) is 1. The van der Waals surface area contributed by atoms with Gasteiger partial charge in [0.2, 0.25) is 0 Å². The van der Waals surface area contributed by atoms with Gasteiger partial charge >= 0.3 is 0 Å². The largest absolute Gasteiger partial charge is 0.398 e. The number of nitrogens with one attached hydrogen (secondary N) is 1. The Morgan fingerprint density at radius 2 is 2.27 bits per heavy atom. The van der Waals surface area contributed by atoms with Gasteiger partial charge in [-0.05, 0) is 24.6 Å². The zero-order valence-corrected chi connectivity index (χ0v) is 8.16. The number of carbonyl (C=O) groups is 1. The predicted molar refractivity (Wildman–Crippen MR) is 54.8 cm³/mol. The van der Waals surface area contributed by atoms with Gasteiger partial charge in [0.1, 0.15) is 5.82 Å². The number of halogens is 1. The molecule has 4 N–H and O–H groups in total. The molecule has 4 nitrogen and oxygen atoms in total. The molecule has 15 heavy (non-hydrogen) atoms. The summed E-state index contributed by atoms with van der Waals surface area (Å²) in [5.41, 5.74) is 5.83. The molecule has 0 spiro atoms. The quantitative estimate of drug-likeness (QED) is 0.503. The summed E-state index contributed by atoms with van der Waals surface area (Å²) in [4.78, 5) is 11.5. The molecule has 5 heteroatoms. The first-order chi connectivity index (χ1) is 7.15. The Balaban J connectivity index is 2.65. The van der Waals surface area contributed by atoms with Crippen molar-refractivity contribution in [3.8, 4) is 0 Å². The number of aliphatic hydroxyl groups is 1. The van der Waals surface area contributed by atoms with Crippen LogP contribution in [0.25, 0.3) is 0 Å². The zero-order chi connectivity index (χ0) is 11.3. The number of nitrogen functional groups attached to an aromatic ring is 1. The number of hydrogen-bond donors (Lipinski definition) is 3. The molecule has 0 atom stereocenters. The standard InChI is InChI=1S/C10H13FN2O2/c11-7-2-3-8(9(12)6-7)10(15)13-4-1-5-14/h2-3,6,14H,1,4-5,12H2,(H,13,15). The molecule has 0 saturated heterocycles. The highest BCUT2D eigenvalue weighted by molar-refractivity contribution is 5.99. The lowest BCUT2D eigenvalue weighted by Crippen LogP contribution is -2.25. The Labute approximate surface area is 86.9 Å². The van der Waals surface area contributed by atoms with Crippen LogP contribution in [-0.2, 0) is 0 Å². The summed E-state index contributed by atoms with van der Waals surface area (Å²) in [5, 5.41) is 11.1. The highest BCUT2D eigenvalue weighted by atomic mass is 19.1. The van der Waals surface area contributed by atoms with Crippen molar-refractivity contribution in [1.29, 1.82) is 0 Å². The van der Waals surface area contributed by atoms with Gasteiger partial charge in [-0.25, -0.2) is 4.39 Å². The maximum absolute atomic E-state index is 12.7. The van der Waals surface area contributed by atoms with E-state index in [0.717, 1.165) is 6.07 Å². The lowest BCUT2D eigenvalue weighted by Gasteiger charge is -2.06. The number of carbonyl (C=O) groups excluding carboxylic acids is 1. The van der Waals surface area contributed by atoms with Gasteiger partial charge < -0.3 is 16.2 Å². The number of aliphatic hydroxyl groups excluding tert-OH is 1. The minimum Gasteiger partial charge on any atom is -0.398 e. The molecule has 82 valence electrons. The summed E-state index contributed by atoms with van der Waals surface area (Å²) in [6.45, 7) is 0.380. The monoisotopic (exact) mass is 212 g/mol. The van der Waals surface area contributed by atoms with Gasteiger partial charge in [-0.3, -0.25) is 4.79 Å². The fraction of sp³-hybridized carbons (Fsp3) is 0.300. The highest BCUT2D eigenvalue weighted by Gasteiger charge is 2.09. The van der Waals surface area contributed by atoms with Gasteiger partial charge in [0.05, 0.1) is 5.56 Å². The second-order valence-corrected chi connectivity index (χ2v) is 3.06. The number of benzene rings is 1. The van der Waals surface area contributed by atoms with Gasteiger partial charge in [0.25, 0.3) is 5.91 Å². The highest BCUT2D eigenvalue weighted by Crippen LogP contribution is 2.12. The minimum absolute atomic E-state index is 0.0131. The molecule has 1 aromatic carbocycles. The van der Waals surface area contributed by atoms with Crippen LogP contribution in [0.4, 0.5) is 10.1 Å². The Hall–Kier alpha value is -1.62. The van der Waals surface area contributed by atoms with Crippen molar-refractivity contribution < 1.29 is 14.3 Å². The fourth-order valence-electron chi connectivity index (χ4n) is 1.12. The summed E-state index contributed by atoms with van der Waals surface area (Å²) in [6.07, 6.45) is 0.479. The lowest BCUT2D eigenvalue weighted by atomic mass is 10.1. The third-order valence-electron chi connectivity index (χ3n) is 1.88. The van der Waals surface area contributed by atoms with Crippen LogP contribution in [0.15, 0.2) is 18.2 Å². The third kappa shape index (κ3) is 3.21. The van der Waals surface area contributed by atoms with Crippen LogP contribution in [0.2, 0.25) is 0 Å². The topological polar surface area (TPSA) is 75.4 Å². The predicted octanol–water partition coefficient (Wildman–Crippen LogP) is 0.520. The van der Waals surface area contributed by atoms with Crippen LogP contribution >= 0.6 is 0 Å². The zero-order valence-electron chi connectivity index (χ0n) is 8.16. The molecule has 0 saturated carbocycles. The molecule has 0 bridgehead atoms. The van der Waals surface area contributed by atoms with E-state index in [1.165, 1.54) is 12.1 Å². The second kappa shape index (κ2) is 5.31. The van der Waals surface area contributed by atoms with Crippen LogP contribution in [0, 0.1) is 5.82 Å². The maximum atomic E-state index is 12.7. The molecule has 0 fully saturated rings. The molecular weight excluding hydrogens is 199 g/mol. The van der Waals surface area contributed by atoms with Crippen LogP contribution in [0.5, 0.6) is 0 Å². The van der Waals surface area contributed by atoms with Gasteiger partial charge in [-0.15, -0.1) is 0 Å². The normalized spacial score (nSPS) is 10.0. The third-order valence-corrected chi connectivity index (χ3v) is 1.88. The summed E-state index contributed by atoms with van der Waals surface area (Å²) >= 11 is 0. The van der Waals surface area contributed by atoms with E-state index in [0.29, 0.717) is 13.0 Å². The van der Waals surface area contributed by atoms with E-state index in [4.69, 9.17) is 10.8 Å². The number of rotatable bonds is 4. The number of anilines is 1. The van der Waals surface area contributed by atoms with E-state index in [9.17, 15) is 9.18 Å². The van der Waals surface area contributed by atoms with Gasteiger partial charge in [-0.1, -0.05) is 0 Å². The van der Waals surface area contributed by atoms with Crippen LogP contribution < -0.4 is 11.1 Å². The van der Waals surface area contributed by atoms with Gasteiger partial charge in [0, 0.05) is 18.8 Å². The van der Waals surface area contributed by atoms with Crippen molar-refractivity contribution >= 4 is 11.6 Å². The Bertz CT molecular complexity index is 355. The average molecular weight is 212 g/mol. The molecular formula is C10H13FN2O2. The first-order valence-electron chi connectivity index (χ1n) is 4.59. The van der Waals surface area contributed by atoms with Crippen LogP contribution in [0.1, 0.15) is 16.8 Å². The molecule has 0 aromatic heterocycles. The van der Waals surface area contributed by atoms with Crippen molar-refractivity contribution in [2.45, 2.75) is 6.42 Å². The SMILES string of the molecule is Nc1cc(F)ccc1C(=O)NCCCO. The second-order valence-electron chi connectivity index (χ2n) is 3.06. The summed E-state index contributed by atoms with van der Waals surface area (Å²) < 4.78 is 12.7. The van der Waals surface area contributed by atoms with E-state index >= 15 is 0 Å². The number of hydrogen-bond acceptors (Lipinski definition) is 3. The van der Waals surface area contributed by atoms with Gasteiger partial charge in [-0.2, -0.15) is 0 Å². The fourth-order valence-corrected chi connectivity index (χ4v) is 1.12. The Kier molecular flexibility index (Phi) is 4.05. The molecule has 0 radical (unpaired) electrons. The summed E-state index contributed by atoms with van der Waals surface area (Å²) in [5.74, 6) is -0.833.